The highest BCUT2D eigenvalue weighted by Gasteiger charge is 2.18. The van der Waals surface area contributed by atoms with Crippen LogP contribution in [0.2, 0.25) is 0 Å². The van der Waals surface area contributed by atoms with Crippen molar-refractivity contribution in [2.75, 3.05) is 0 Å². The number of pyridine rings is 1. The van der Waals surface area contributed by atoms with Gasteiger partial charge in [0.25, 0.3) is 0 Å². The molecule has 0 bridgehead atoms. The van der Waals surface area contributed by atoms with Crippen LogP contribution in [0.4, 0.5) is 0 Å². The van der Waals surface area contributed by atoms with Gasteiger partial charge in [0.05, 0.1) is 10.9 Å². The van der Waals surface area contributed by atoms with Gasteiger partial charge in [0.2, 0.25) is 0 Å². The van der Waals surface area contributed by atoms with Crippen molar-refractivity contribution in [1.29, 1.82) is 0 Å². The van der Waals surface area contributed by atoms with Crippen LogP contribution in [-0.4, -0.2) is 19.9 Å². The van der Waals surface area contributed by atoms with Gasteiger partial charge in [0, 0.05) is 39.2 Å². The minimum atomic E-state index is 0.637. The maximum absolute atomic E-state index is 6.49. The molecular formula is C40H24N4O. The van der Waals surface area contributed by atoms with Crippen LogP contribution in [-0.2, 0) is 0 Å². The van der Waals surface area contributed by atoms with Crippen LogP contribution in [0.1, 0.15) is 0 Å². The predicted octanol–water partition coefficient (Wildman–Crippen LogP) is 10.1. The fraction of sp³-hybridized carbons (Fsp3) is 0. The number of nitrogens with zero attached hydrogens (tertiary/aromatic N) is 4. The summed E-state index contributed by atoms with van der Waals surface area (Å²) in [6.45, 7) is 0. The number of furan rings is 1. The molecule has 0 spiro atoms. The molecule has 9 rings (SSSR count). The molecule has 0 aliphatic carbocycles. The summed E-state index contributed by atoms with van der Waals surface area (Å²) in [5.41, 5.74) is 7.59. The molecule has 0 aliphatic rings. The highest BCUT2D eigenvalue weighted by atomic mass is 16.3. The molecule has 5 heteroatoms. The Labute approximate surface area is 258 Å². The Morgan fingerprint density at radius 1 is 0.444 bits per heavy atom. The molecule has 0 radical (unpaired) electrons. The van der Waals surface area contributed by atoms with Gasteiger partial charge in [0.1, 0.15) is 11.2 Å². The smallest absolute Gasteiger partial charge is 0.164 e. The monoisotopic (exact) mass is 576 g/mol. The van der Waals surface area contributed by atoms with E-state index < -0.39 is 0 Å². The van der Waals surface area contributed by atoms with Crippen molar-refractivity contribution in [3.05, 3.63) is 146 Å². The Morgan fingerprint density at radius 2 is 1.13 bits per heavy atom. The maximum Gasteiger partial charge on any atom is 0.164 e. The van der Waals surface area contributed by atoms with Gasteiger partial charge in [-0.15, -0.1) is 0 Å². The molecule has 0 saturated carbocycles. The molecule has 0 saturated heterocycles. The summed E-state index contributed by atoms with van der Waals surface area (Å²) in [6.07, 6.45) is 1.84. The van der Waals surface area contributed by atoms with Crippen LogP contribution in [0, 0.1) is 0 Å². The Bertz CT molecular complexity index is 2480. The molecule has 0 N–H and O–H groups in total. The van der Waals surface area contributed by atoms with Gasteiger partial charge in [-0.2, -0.15) is 0 Å². The first-order chi connectivity index (χ1) is 22.3. The normalized spacial score (nSPS) is 11.6. The molecular weight excluding hydrogens is 552 g/mol. The fourth-order valence-corrected chi connectivity index (χ4v) is 6.22. The minimum Gasteiger partial charge on any atom is -0.455 e. The summed E-state index contributed by atoms with van der Waals surface area (Å²) >= 11 is 0. The van der Waals surface area contributed by atoms with Gasteiger partial charge in [-0.25, -0.2) is 15.0 Å². The number of para-hydroxylation sites is 1. The number of aromatic nitrogens is 4. The third-order valence-electron chi connectivity index (χ3n) is 8.35. The first-order valence-corrected chi connectivity index (χ1v) is 14.9. The lowest BCUT2D eigenvalue weighted by Gasteiger charge is -2.12. The maximum atomic E-state index is 6.49. The van der Waals surface area contributed by atoms with Crippen LogP contribution in [0.5, 0.6) is 0 Å². The van der Waals surface area contributed by atoms with Gasteiger partial charge in [-0.05, 0) is 40.6 Å². The Balaban J connectivity index is 1.25. The predicted molar refractivity (Wildman–Crippen MR) is 182 cm³/mol. The van der Waals surface area contributed by atoms with E-state index in [9.17, 15) is 0 Å². The molecule has 6 aromatic carbocycles. The molecule has 3 heterocycles. The van der Waals surface area contributed by atoms with Gasteiger partial charge in [0.15, 0.2) is 17.5 Å². The first kappa shape index (κ1) is 25.3. The van der Waals surface area contributed by atoms with E-state index in [1.165, 1.54) is 0 Å². The first-order valence-electron chi connectivity index (χ1n) is 14.9. The summed E-state index contributed by atoms with van der Waals surface area (Å²) in [7, 11) is 0. The van der Waals surface area contributed by atoms with Crippen molar-refractivity contribution in [2.24, 2.45) is 0 Å². The number of benzene rings is 6. The zero-order chi connectivity index (χ0) is 29.7. The Kier molecular flexibility index (Phi) is 5.74. The lowest BCUT2D eigenvalue weighted by atomic mass is 9.95. The quantitative estimate of drug-likeness (QED) is 0.209. The average Bonchev–Trinajstić information content (AvgIpc) is 3.51. The van der Waals surface area contributed by atoms with E-state index in [4.69, 9.17) is 24.4 Å². The zero-order valence-electron chi connectivity index (χ0n) is 24.1. The van der Waals surface area contributed by atoms with Crippen LogP contribution in [0.3, 0.4) is 0 Å². The van der Waals surface area contributed by atoms with Crippen molar-refractivity contribution in [2.45, 2.75) is 0 Å². The van der Waals surface area contributed by atoms with Crippen LogP contribution in [0.15, 0.2) is 150 Å². The van der Waals surface area contributed by atoms with E-state index in [0.29, 0.717) is 17.5 Å². The number of rotatable bonds is 4. The fourth-order valence-electron chi connectivity index (χ4n) is 6.22. The van der Waals surface area contributed by atoms with Crippen molar-refractivity contribution >= 4 is 43.6 Å². The summed E-state index contributed by atoms with van der Waals surface area (Å²) in [5, 5.41) is 5.34. The average molecular weight is 577 g/mol. The molecule has 0 aliphatic heterocycles. The minimum absolute atomic E-state index is 0.637. The van der Waals surface area contributed by atoms with Crippen molar-refractivity contribution in [3.63, 3.8) is 0 Å². The molecule has 0 amide bonds. The summed E-state index contributed by atoms with van der Waals surface area (Å²) in [4.78, 5) is 19.6. The summed E-state index contributed by atoms with van der Waals surface area (Å²) in [5.74, 6) is 1.92. The Hall–Kier alpha value is -6.20. The summed E-state index contributed by atoms with van der Waals surface area (Å²) in [6, 6.07) is 47.4. The van der Waals surface area contributed by atoms with E-state index in [2.05, 4.69) is 54.6 Å². The number of hydrogen-bond acceptors (Lipinski definition) is 5. The van der Waals surface area contributed by atoms with Gasteiger partial charge < -0.3 is 4.42 Å². The lowest BCUT2D eigenvalue weighted by Crippen LogP contribution is -2.00. The molecule has 5 nitrogen and oxygen atoms in total. The van der Waals surface area contributed by atoms with E-state index in [1.807, 2.05) is 91.1 Å². The molecule has 0 unspecified atom stereocenters. The lowest BCUT2D eigenvalue weighted by molar-refractivity contribution is 0.670. The van der Waals surface area contributed by atoms with Crippen molar-refractivity contribution in [1.82, 2.24) is 19.9 Å². The van der Waals surface area contributed by atoms with Crippen LogP contribution >= 0.6 is 0 Å². The Morgan fingerprint density at radius 3 is 1.91 bits per heavy atom. The molecule has 0 atom stereocenters. The molecule has 0 fully saturated rings. The third kappa shape index (κ3) is 4.25. The highest BCUT2D eigenvalue weighted by Crippen LogP contribution is 2.41. The zero-order valence-corrected chi connectivity index (χ0v) is 24.1. The highest BCUT2D eigenvalue weighted by molar-refractivity contribution is 6.21. The van der Waals surface area contributed by atoms with Crippen molar-refractivity contribution < 1.29 is 4.42 Å². The SMILES string of the molecule is c1ccc(-c2nc(-c3ccccc3)nc(-c3cccc4cc(-c5cc6cccnc6c6c5oc5ccccc56)ccc34)n2)cc1. The van der Waals surface area contributed by atoms with Crippen LogP contribution in [0.25, 0.3) is 88.9 Å². The van der Waals surface area contributed by atoms with Gasteiger partial charge >= 0.3 is 0 Å². The number of fused-ring (bicyclic) bond motifs is 6. The standard InChI is InChI=1S/C40H24N4O/c1-3-11-25(12-4-1)38-42-39(26-13-5-2-6-14-26)44-40(43-38)31-18-9-15-27-23-28(20-21-30(27)31)33-24-29-16-10-22-41-36(29)35-32-17-7-8-19-34(32)45-37(33)35/h1-24H. The third-order valence-corrected chi connectivity index (χ3v) is 8.35. The molecule has 45 heavy (non-hydrogen) atoms. The second-order valence-electron chi connectivity index (χ2n) is 11.1. The largest absolute Gasteiger partial charge is 0.455 e. The second kappa shape index (κ2) is 10.2. The molecule has 210 valence electrons. The molecule has 9 aromatic rings. The number of hydrogen-bond donors (Lipinski definition) is 0. The van der Waals surface area contributed by atoms with E-state index in [0.717, 1.165) is 71.4 Å². The summed E-state index contributed by atoms with van der Waals surface area (Å²) < 4.78 is 6.49. The van der Waals surface area contributed by atoms with E-state index in [-0.39, 0.29) is 0 Å². The second-order valence-corrected chi connectivity index (χ2v) is 11.1. The van der Waals surface area contributed by atoms with Crippen molar-refractivity contribution in [3.8, 4) is 45.3 Å². The van der Waals surface area contributed by atoms with E-state index >= 15 is 0 Å². The topological polar surface area (TPSA) is 64.7 Å². The van der Waals surface area contributed by atoms with Gasteiger partial charge in [-0.3, -0.25) is 4.98 Å². The molecule has 3 aromatic heterocycles. The van der Waals surface area contributed by atoms with E-state index in [1.54, 1.807) is 0 Å². The van der Waals surface area contributed by atoms with Crippen LogP contribution < -0.4 is 0 Å². The van der Waals surface area contributed by atoms with Gasteiger partial charge in [-0.1, -0.05) is 115 Å².